The van der Waals surface area contributed by atoms with Gasteiger partial charge in [-0.15, -0.1) is 0 Å². The van der Waals surface area contributed by atoms with Crippen LogP contribution in [0.4, 0.5) is 8.78 Å². The number of benzene rings is 2. The molecule has 0 heterocycles. The highest BCUT2D eigenvalue weighted by Gasteiger charge is 2.07. The van der Waals surface area contributed by atoms with Gasteiger partial charge in [-0.05, 0) is 42.9 Å². The first-order valence-corrected chi connectivity index (χ1v) is 6.38. The minimum Gasteiger partial charge on any atom is -0.489 e. The predicted molar refractivity (Wildman–Crippen MR) is 74.6 cm³/mol. The van der Waals surface area contributed by atoms with Gasteiger partial charge < -0.3 is 10.1 Å². The van der Waals surface area contributed by atoms with E-state index in [-0.39, 0.29) is 18.0 Å². The second kappa shape index (κ2) is 6.82. The molecule has 0 bridgehead atoms. The molecule has 2 aromatic rings. The van der Waals surface area contributed by atoms with E-state index >= 15 is 0 Å². The molecule has 0 aliphatic heterocycles. The van der Waals surface area contributed by atoms with E-state index in [2.05, 4.69) is 5.32 Å². The summed E-state index contributed by atoms with van der Waals surface area (Å²) in [6.45, 7) is 0.650. The fourth-order valence-corrected chi connectivity index (χ4v) is 1.93. The summed E-state index contributed by atoms with van der Waals surface area (Å²) in [6.07, 6.45) is 0. The predicted octanol–water partition coefficient (Wildman–Crippen LogP) is 3.13. The Bertz CT molecular complexity index is 680. The Morgan fingerprint density at radius 2 is 2.00 bits per heavy atom. The van der Waals surface area contributed by atoms with E-state index in [4.69, 9.17) is 10.00 Å². The van der Waals surface area contributed by atoms with Crippen LogP contribution in [0.25, 0.3) is 0 Å². The lowest BCUT2D eigenvalue weighted by molar-refractivity contribution is 0.301. The molecule has 0 atom stereocenters. The molecule has 108 valence electrons. The minimum atomic E-state index is -0.557. The Labute approximate surface area is 121 Å². The maximum atomic E-state index is 13.2. The standard InChI is InChI=1S/C16H14F2N2O/c1-20-9-13-7-14(17)3-5-16(13)21-10-11-2-4-15(18)12(6-11)8-19/h2-7,20H,9-10H2,1H3. The summed E-state index contributed by atoms with van der Waals surface area (Å²) in [5.41, 5.74) is 1.35. The Balaban J connectivity index is 2.15. The van der Waals surface area contributed by atoms with E-state index in [1.54, 1.807) is 25.2 Å². The van der Waals surface area contributed by atoms with Gasteiger partial charge in [0.15, 0.2) is 0 Å². The van der Waals surface area contributed by atoms with Gasteiger partial charge in [-0.3, -0.25) is 0 Å². The first-order valence-electron chi connectivity index (χ1n) is 6.38. The third-order valence-corrected chi connectivity index (χ3v) is 2.94. The van der Waals surface area contributed by atoms with E-state index < -0.39 is 5.82 Å². The number of ether oxygens (including phenoxy) is 1. The van der Waals surface area contributed by atoms with Crippen molar-refractivity contribution in [2.45, 2.75) is 13.2 Å². The smallest absolute Gasteiger partial charge is 0.140 e. The average Bonchev–Trinajstić information content (AvgIpc) is 2.48. The fourth-order valence-electron chi connectivity index (χ4n) is 1.93. The quantitative estimate of drug-likeness (QED) is 0.919. The maximum Gasteiger partial charge on any atom is 0.140 e. The normalized spacial score (nSPS) is 10.2. The lowest BCUT2D eigenvalue weighted by Crippen LogP contribution is -2.08. The molecule has 0 aromatic heterocycles. The van der Waals surface area contributed by atoms with Gasteiger partial charge in [-0.2, -0.15) is 5.26 Å². The van der Waals surface area contributed by atoms with Gasteiger partial charge in [0.05, 0.1) is 5.56 Å². The van der Waals surface area contributed by atoms with Crippen molar-refractivity contribution < 1.29 is 13.5 Å². The molecule has 2 aromatic carbocycles. The van der Waals surface area contributed by atoms with Crippen LogP contribution in [0.3, 0.4) is 0 Å². The van der Waals surface area contributed by atoms with Gasteiger partial charge in [0.25, 0.3) is 0 Å². The summed E-state index contributed by atoms with van der Waals surface area (Å²) in [7, 11) is 1.76. The lowest BCUT2D eigenvalue weighted by atomic mass is 10.1. The van der Waals surface area contributed by atoms with E-state index in [9.17, 15) is 8.78 Å². The van der Waals surface area contributed by atoms with Crippen molar-refractivity contribution in [2.24, 2.45) is 0 Å². The van der Waals surface area contributed by atoms with Crippen LogP contribution in [0.5, 0.6) is 5.75 Å². The molecule has 0 radical (unpaired) electrons. The molecule has 2 rings (SSSR count). The number of hydrogen-bond acceptors (Lipinski definition) is 3. The molecule has 5 heteroatoms. The highest BCUT2D eigenvalue weighted by atomic mass is 19.1. The van der Waals surface area contributed by atoms with Gasteiger partial charge in [0.1, 0.15) is 30.1 Å². The van der Waals surface area contributed by atoms with E-state index in [1.807, 2.05) is 0 Å². The third-order valence-electron chi connectivity index (χ3n) is 2.94. The zero-order valence-corrected chi connectivity index (χ0v) is 11.5. The molecule has 0 saturated carbocycles. The SMILES string of the molecule is CNCc1cc(F)ccc1OCc1ccc(F)c(C#N)c1. The number of nitrogens with one attached hydrogen (secondary N) is 1. The monoisotopic (exact) mass is 288 g/mol. The van der Waals surface area contributed by atoms with Crippen LogP contribution in [-0.2, 0) is 13.2 Å². The van der Waals surface area contributed by atoms with Crippen molar-refractivity contribution in [3.05, 3.63) is 64.7 Å². The first-order chi connectivity index (χ1) is 10.1. The van der Waals surface area contributed by atoms with Crippen LogP contribution in [0.15, 0.2) is 36.4 Å². The van der Waals surface area contributed by atoms with Gasteiger partial charge in [0, 0.05) is 12.1 Å². The molecule has 0 spiro atoms. The Morgan fingerprint density at radius 3 is 2.71 bits per heavy atom. The molecule has 0 unspecified atom stereocenters. The highest BCUT2D eigenvalue weighted by molar-refractivity contribution is 5.36. The summed E-state index contributed by atoms with van der Waals surface area (Å²) >= 11 is 0. The van der Waals surface area contributed by atoms with Crippen molar-refractivity contribution >= 4 is 0 Å². The molecule has 0 aliphatic carbocycles. The number of nitriles is 1. The largest absolute Gasteiger partial charge is 0.489 e. The summed E-state index contributed by atoms with van der Waals surface area (Å²) in [5, 5.41) is 11.7. The van der Waals surface area contributed by atoms with Gasteiger partial charge in [-0.25, -0.2) is 8.78 Å². The molecule has 0 amide bonds. The second-order valence-electron chi connectivity index (χ2n) is 4.50. The van der Waals surface area contributed by atoms with Crippen molar-refractivity contribution in [3.8, 4) is 11.8 Å². The average molecular weight is 288 g/mol. The Kier molecular flexibility index (Phi) is 4.85. The van der Waals surface area contributed by atoms with Gasteiger partial charge in [0.2, 0.25) is 0 Å². The molecule has 0 aliphatic rings. The molecule has 21 heavy (non-hydrogen) atoms. The Morgan fingerprint density at radius 1 is 1.19 bits per heavy atom. The van der Waals surface area contributed by atoms with Gasteiger partial charge in [-0.1, -0.05) is 6.07 Å². The van der Waals surface area contributed by atoms with Crippen LogP contribution < -0.4 is 10.1 Å². The summed E-state index contributed by atoms with van der Waals surface area (Å²) in [5.74, 6) is -0.339. The van der Waals surface area contributed by atoms with E-state index in [1.165, 1.54) is 24.3 Å². The molecule has 1 N–H and O–H groups in total. The fraction of sp³-hybridized carbons (Fsp3) is 0.188. The third kappa shape index (κ3) is 3.77. The van der Waals surface area contributed by atoms with Crippen LogP contribution >= 0.6 is 0 Å². The molecule has 3 nitrogen and oxygen atoms in total. The van der Waals surface area contributed by atoms with Crippen molar-refractivity contribution in [2.75, 3.05) is 7.05 Å². The van der Waals surface area contributed by atoms with Crippen molar-refractivity contribution in [3.63, 3.8) is 0 Å². The zero-order valence-electron chi connectivity index (χ0n) is 11.5. The molecular weight excluding hydrogens is 274 g/mol. The number of nitrogens with zero attached hydrogens (tertiary/aromatic N) is 1. The van der Waals surface area contributed by atoms with E-state index in [0.717, 1.165) is 0 Å². The lowest BCUT2D eigenvalue weighted by Gasteiger charge is -2.12. The number of rotatable bonds is 5. The second-order valence-corrected chi connectivity index (χ2v) is 4.50. The van der Waals surface area contributed by atoms with Crippen LogP contribution in [-0.4, -0.2) is 7.05 Å². The highest BCUT2D eigenvalue weighted by Crippen LogP contribution is 2.21. The van der Waals surface area contributed by atoms with Crippen LogP contribution in [0.1, 0.15) is 16.7 Å². The molecule has 0 fully saturated rings. The molecular formula is C16H14F2N2O. The Hall–Kier alpha value is -2.45. The summed E-state index contributed by atoms with van der Waals surface area (Å²) in [6, 6.07) is 10.3. The number of hydrogen-bond donors (Lipinski definition) is 1. The molecule has 0 saturated heterocycles. The van der Waals surface area contributed by atoms with E-state index in [0.29, 0.717) is 23.4 Å². The van der Waals surface area contributed by atoms with Crippen LogP contribution in [0, 0.1) is 23.0 Å². The minimum absolute atomic E-state index is 0.0225. The maximum absolute atomic E-state index is 13.2. The topological polar surface area (TPSA) is 45.0 Å². The number of halogens is 2. The van der Waals surface area contributed by atoms with Gasteiger partial charge >= 0.3 is 0 Å². The summed E-state index contributed by atoms with van der Waals surface area (Å²) < 4.78 is 32.1. The van der Waals surface area contributed by atoms with Crippen molar-refractivity contribution in [1.29, 1.82) is 5.26 Å². The van der Waals surface area contributed by atoms with Crippen LogP contribution in [0.2, 0.25) is 0 Å². The summed E-state index contributed by atoms with van der Waals surface area (Å²) in [4.78, 5) is 0. The van der Waals surface area contributed by atoms with Crippen molar-refractivity contribution in [1.82, 2.24) is 5.32 Å². The first kappa shape index (κ1) is 14.9. The zero-order chi connectivity index (χ0) is 15.2.